The maximum atomic E-state index is 11.0. The summed E-state index contributed by atoms with van der Waals surface area (Å²) in [5.74, 6) is 0.834. The van der Waals surface area contributed by atoms with Crippen LogP contribution in [0.15, 0.2) is 0 Å². The standard InChI is InChI=1S/C16H29O5/c1-13(15-11-18-7-9-20-15)3-2-4-14(5-6-17)16-12-19-8-10-21-16/h13-16H,2-12H2,1H3. The minimum Gasteiger partial charge on any atom is -0.376 e. The molecule has 2 rings (SSSR count). The minimum absolute atomic E-state index is 0.0281. The minimum atomic E-state index is -0.0281. The lowest BCUT2D eigenvalue weighted by Gasteiger charge is -2.31. The molecule has 5 heteroatoms. The Morgan fingerprint density at radius 3 is 2.14 bits per heavy atom. The second-order valence-corrected chi connectivity index (χ2v) is 6.13. The van der Waals surface area contributed by atoms with Crippen molar-refractivity contribution in [3.05, 3.63) is 0 Å². The van der Waals surface area contributed by atoms with Crippen molar-refractivity contribution in [2.45, 2.75) is 44.8 Å². The van der Waals surface area contributed by atoms with E-state index in [9.17, 15) is 5.11 Å². The molecular weight excluding hydrogens is 272 g/mol. The first-order chi connectivity index (χ1) is 10.3. The molecule has 2 aliphatic rings. The zero-order valence-corrected chi connectivity index (χ0v) is 13.1. The van der Waals surface area contributed by atoms with Crippen molar-refractivity contribution < 1.29 is 24.1 Å². The summed E-state index contributed by atoms with van der Waals surface area (Å²) in [6.07, 6.45) is 4.27. The predicted molar refractivity (Wildman–Crippen MR) is 77.8 cm³/mol. The van der Waals surface area contributed by atoms with Crippen LogP contribution >= 0.6 is 0 Å². The summed E-state index contributed by atoms with van der Waals surface area (Å²) < 4.78 is 22.4. The van der Waals surface area contributed by atoms with Gasteiger partial charge in [-0.3, -0.25) is 0 Å². The molecule has 4 atom stereocenters. The molecule has 0 bridgehead atoms. The van der Waals surface area contributed by atoms with Crippen LogP contribution in [0.5, 0.6) is 0 Å². The van der Waals surface area contributed by atoms with Gasteiger partial charge < -0.3 is 18.9 Å². The molecule has 4 unspecified atom stereocenters. The van der Waals surface area contributed by atoms with Crippen molar-refractivity contribution in [1.29, 1.82) is 0 Å². The van der Waals surface area contributed by atoms with Crippen LogP contribution in [0.2, 0.25) is 0 Å². The highest BCUT2D eigenvalue weighted by Crippen LogP contribution is 2.25. The smallest absolute Gasteiger partial charge is 0.0838 e. The Labute approximate surface area is 127 Å². The molecule has 0 aromatic carbocycles. The highest BCUT2D eigenvalue weighted by atomic mass is 16.6. The van der Waals surface area contributed by atoms with Crippen LogP contribution in [0, 0.1) is 11.8 Å². The first kappa shape index (κ1) is 17.2. The van der Waals surface area contributed by atoms with Crippen LogP contribution < -0.4 is 0 Å². The predicted octanol–water partition coefficient (Wildman–Crippen LogP) is 2.06. The SMILES string of the molecule is CC(CCCC(CC[O])C1COCCO1)C1COCCO1. The van der Waals surface area contributed by atoms with E-state index in [1.54, 1.807) is 0 Å². The Bertz CT molecular complexity index is 261. The Morgan fingerprint density at radius 2 is 1.57 bits per heavy atom. The summed E-state index contributed by atoms with van der Waals surface area (Å²) >= 11 is 0. The van der Waals surface area contributed by atoms with E-state index in [0.717, 1.165) is 19.3 Å². The molecule has 123 valence electrons. The van der Waals surface area contributed by atoms with Crippen LogP contribution in [0.3, 0.4) is 0 Å². The fourth-order valence-electron chi connectivity index (χ4n) is 3.17. The number of ether oxygens (including phenoxy) is 4. The molecule has 0 saturated carbocycles. The maximum absolute atomic E-state index is 11.0. The maximum Gasteiger partial charge on any atom is 0.0838 e. The average Bonchev–Trinajstić information content (AvgIpc) is 2.55. The Balaban J connectivity index is 1.68. The van der Waals surface area contributed by atoms with E-state index >= 15 is 0 Å². The molecule has 1 radical (unpaired) electrons. The van der Waals surface area contributed by atoms with Gasteiger partial charge in [0.25, 0.3) is 0 Å². The van der Waals surface area contributed by atoms with Crippen molar-refractivity contribution >= 4 is 0 Å². The largest absolute Gasteiger partial charge is 0.376 e. The first-order valence-electron chi connectivity index (χ1n) is 8.28. The third-order valence-corrected chi connectivity index (χ3v) is 4.57. The van der Waals surface area contributed by atoms with Gasteiger partial charge in [0, 0.05) is 0 Å². The van der Waals surface area contributed by atoms with Crippen molar-refractivity contribution in [3.8, 4) is 0 Å². The fraction of sp³-hybridized carbons (Fsp3) is 1.00. The van der Waals surface area contributed by atoms with Gasteiger partial charge in [-0.25, -0.2) is 5.11 Å². The summed E-state index contributed by atoms with van der Waals surface area (Å²) in [5.41, 5.74) is 0. The van der Waals surface area contributed by atoms with Crippen LogP contribution in [0.4, 0.5) is 0 Å². The van der Waals surface area contributed by atoms with Crippen molar-refractivity contribution in [2.24, 2.45) is 11.8 Å². The van der Waals surface area contributed by atoms with E-state index in [1.807, 2.05) is 0 Å². The highest BCUT2D eigenvalue weighted by molar-refractivity contribution is 4.74. The number of hydrogen-bond donors (Lipinski definition) is 0. The lowest BCUT2D eigenvalue weighted by atomic mass is 9.89. The molecule has 5 nitrogen and oxygen atoms in total. The molecule has 0 amide bonds. The Hall–Kier alpha value is -0.200. The van der Waals surface area contributed by atoms with Gasteiger partial charge in [0.05, 0.1) is 58.5 Å². The second-order valence-electron chi connectivity index (χ2n) is 6.13. The van der Waals surface area contributed by atoms with E-state index in [2.05, 4.69) is 6.92 Å². The number of rotatable bonds is 8. The monoisotopic (exact) mass is 301 g/mol. The Morgan fingerprint density at radius 1 is 0.905 bits per heavy atom. The van der Waals surface area contributed by atoms with Crippen LogP contribution in [0.1, 0.15) is 32.6 Å². The zero-order valence-electron chi connectivity index (χ0n) is 13.1. The summed E-state index contributed by atoms with van der Waals surface area (Å²) in [4.78, 5) is 0. The summed E-state index contributed by atoms with van der Waals surface area (Å²) in [5, 5.41) is 11.0. The third-order valence-electron chi connectivity index (χ3n) is 4.57. The zero-order chi connectivity index (χ0) is 14.9. The van der Waals surface area contributed by atoms with Gasteiger partial charge in [0.1, 0.15) is 0 Å². The molecule has 2 fully saturated rings. The van der Waals surface area contributed by atoms with E-state index in [4.69, 9.17) is 18.9 Å². The molecule has 2 saturated heterocycles. The molecule has 2 heterocycles. The highest BCUT2D eigenvalue weighted by Gasteiger charge is 2.26. The van der Waals surface area contributed by atoms with E-state index in [1.165, 1.54) is 0 Å². The number of hydrogen-bond acceptors (Lipinski definition) is 4. The molecule has 0 N–H and O–H groups in total. The first-order valence-corrected chi connectivity index (χ1v) is 8.28. The fourth-order valence-corrected chi connectivity index (χ4v) is 3.17. The van der Waals surface area contributed by atoms with Crippen LogP contribution in [-0.4, -0.2) is 58.5 Å². The molecule has 21 heavy (non-hydrogen) atoms. The second kappa shape index (κ2) is 9.74. The van der Waals surface area contributed by atoms with E-state index in [-0.39, 0.29) is 18.8 Å². The van der Waals surface area contributed by atoms with Crippen LogP contribution in [0.25, 0.3) is 0 Å². The molecule has 0 aromatic heterocycles. The van der Waals surface area contributed by atoms with E-state index in [0.29, 0.717) is 57.9 Å². The molecule has 0 aromatic rings. The molecule has 2 aliphatic heterocycles. The molecular formula is C16H29O5. The molecule has 0 aliphatic carbocycles. The lowest BCUT2D eigenvalue weighted by molar-refractivity contribution is -0.118. The average molecular weight is 301 g/mol. The van der Waals surface area contributed by atoms with Gasteiger partial charge in [0.15, 0.2) is 0 Å². The summed E-state index contributed by atoms with van der Waals surface area (Å²) in [6, 6.07) is 0. The summed E-state index contributed by atoms with van der Waals surface area (Å²) in [6.45, 7) is 6.31. The van der Waals surface area contributed by atoms with Gasteiger partial charge in [-0.05, 0) is 31.1 Å². The topological polar surface area (TPSA) is 56.8 Å². The molecule has 0 spiro atoms. The quantitative estimate of drug-likeness (QED) is 0.688. The van der Waals surface area contributed by atoms with E-state index < -0.39 is 0 Å². The summed E-state index contributed by atoms with van der Waals surface area (Å²) in [7, 11) is 0. The van der Waals surface area contributed by atoms with Gasteiger partial charge in [0.2, 0.25) is 0 Å². The van der Waals surface area contributed by atoms with Gasteiger partial charge in [-0.2, -0.15) is 0 Å². The Kier molecular flexibility index (Phi) is 7.96. The lowest BCUT2D eigenvalue weighted by Crippen LogP contribution is -2.36. The van der Waals surface area contributed by atoms with Gasteiger partial charge in [-0.15, -0.1) is 0 Å². The normalized spacial score (nSPS) is 30.0. The van der Waals surface area contributed by atoms with Crippen molar-refractivity contribution in [1.82, 2.24) is 0 Å². The van der Waals surface area contributed by atoms with Crippen molar-refractivity contribution in [3.63, 3.8) is 0 Å². The van der Waals surface area contributed by atoms with Gasteiger partial charge >= 0.3 is 0 Å². The van der Waals surface area contributed by atoms with Crippen molar-refractivity contribution in [2.75, 3.05) is 46.2 Å². The third kappa shape index (κ3) is 5.83. The van der Waals surface area contributed by atoms with Crippen LogP contribution in [-0.2, 0) is 24.1 Å². The van der Waals surface area contributed by atoms with Gasteiger partial charge in [-0.1, -0.05) is 13.3 Å².